The van der Waals surface area contributed by atoms with Gasteiger partial charge < -0.3 is 9.74 Å². The average molecular weight is 226 g/mol. The van der Waals surface area contributed by atoms with Gasteiger partial charge in [0.2, 0.25) is 11.5 Å². The number of pyridine rings is 1. The van der Waals surface area contributed by atoms with Crippen molar-refractivity contribution in [3.63, 3.8) is 0 Å². The molecular formula is C11H6N4O2. The zero-order valence-corrected chi connectivity index (χ0v) is 8.84. The summed E-state index contributed by atoms with van der Waals surface area (Å²) in [5.74, 6) is -2.50. The summed E-state index contributed by atoms with van der Waals surface area (Å²) < 4.78 is 0. The number of nitrogens with zero attached hydrogens (tertiary/aromatic N) is 4. The molecule has 2 heterocycles. The number of carbonyl (C=O) groups is 2. The summed E-state index contributed by atoms with van der Waals surface area (Å²) >= 11 is 0. The molecule has 0 aliphatic carbocycles. The number of anilines is 1. The lowest BCUT2D eigenvalue weighted by Gasteiger charge is -2.24. The monoisotopic (exact) mass is 226 g/mol. The number of rotatable bonds is 0. The Kier molecular flexibility index (Phi) is 2.34. The van der Waals surface area contributed by atoms with E-state index in [1.807, 2.05) is 0 Å². The fourth-order valence-electron chi connectivity index (χ4n) is 1.63. The quantitative estimate of drug-likeness (QED) is 0.487. The van der Waals surface area contributed by atoms with Gasteiger partial charge in [-0.3, -0.25) is 9.59 Å². The first-order valence-electron chi connectivity index (χ1n) is 4.70. The van der Waals surface area contributed by atoms with Gasteiger partial charge in [-0.15, -0.1) is 4.98 Å². The standard InChI is InChI=1S/C11H6N4O2/c1-13-8-4-3-7-9(14-8)10(16)6(5-12)11(17)15(7)2/h3-4,6H,2H3. The van der Waals surface area contributed by atoms with Crippen LogP contribution in [0.5, 0.6) is 0 Å². The van der Waals surface area contributed by atoms with Gasteiger partial charge in [-0.05, 0) is 12.1 Å². The second kappa shape index (κ2) is 3.69. The summed E-state index contributed by atoms with van der Waals surface area (Å²) in [6.07, 6.45) is 0. The third-order valence-electron chi connectivity index (χ3n) is 2.54. The Hall–Kier alpha value is -2.73. The second-order valence-corrected chi connectivity index (χ2v) is 3.47. The van der Waals surface area contributed by atoms with Gasteiger partial charge in [0, 0.05) is 7.05 Å². The molecule has 0 bridgehead atoms. The maximum absolute atomic E-state index is 11.8. The van der Waals surface area contributed by atoms with E-state index in [9.17, 15) is 9.59 Å². The Labute approximate surface area is 96.9 Å². The molecule has 1 amide bonds. The van der Waals surface area contributed by atoms with Gasteiger partial charge in [-0.1, -0.05) is 6.57 Å². The van der Waals surface area contributed by atoms with Gasteiger partial charge in [0.1, 0.15) is 0 Å². The lowest BCUT2D eigenvalue weighted by molar-refractivity contribution is -0.119. The Morgan fingerprint density at radius 1 is 1.53 bits per heavy atom. The van der Waals surface area contributed by atoms with Crippen molar-refractivity contribution in [2.24, 2.45) is 5.92 Å². The summed E-state index contributed by atoms with van der Waals surface area (Å²) in [4.78, 5) is 31.7. The van der Waals surface area contributed by atoms with E-state index in [0.717, 1.165) is 0 Å². The van der Waals surface area contributed by atoms with Crippen molar-refractivity contribution < 1.29 is 9.59 Å². The smallest absolute Gasteiger partial charge is 0.270 e. The van der Waals surface area contributed by atoms with Crippen LogP contribution in [-0.4, -0.2) is 23.7 Å². The van der Waals surface area contributed by atoms with Crippen molar-refractivity contribution in [2.45, 2.75) is 0 Å². The van der Waals surface area contributed by atoms with E-state index >= 15 is 0 Å². The van der Waals surface area contributed by atoms with E-state index < -0.39 is 17.6 Å². The molecule has 17 heavy (non-hydrogen) atoms. The Balaban J connectivity index is 2.66. The van der Waals surface area contributed by atoms with Gasteiger partial charge in [-0.25, -0.2) is 0 Å². The van der Waals surface area contributed by atoms with Crippen molar-refractivity contribution in [3.05, 3.63) is 29.2 Å². The minimum Gasteiger partial charge on any atom is -0.361 e. The highest BCUT2D eigenvalue weighted by Crippen LogP contribution is 2.29. The summed E-state index contributed by atoms with van der Waals surface area (Å²) in [7, 11) is 1.47. The third kappa shape index (κ3) is 1.44. The number of fused-ring (bicyclic) bond motifs is 1. The molecule has 82 valence electrons. The van der Waals surface area contributed by atoms with E-state index in [2.05, 4.69) is 9.83 Å². The number of aromatic nitrogens is 1. The fraction of sp³-hybridized carbons (Fsp3) is 0.182. The molecule has 6 heteroatoms. The average Bonchev–Trinajstić information content (AvgIpc) is 2.36. The molecule has 0 radical (unpaired) electrons. The van der Waals surface area contributed by atoms with Crippen LogP contribution in [0.15, 0.2) is 12.1 Å². The Morgan fingerprint density at radius 3 is 2.82 bits per heavy atom. The summed E-state index contributed by atoms with van der Waals surface area (Å²) in [5, 5.41) is 8.80. The molecule has 0 fully saturated rings. The topological polar surface area (TPSA) is 78.4 Å². The fourth-order valence-corrected chi connectivity index (χ4v) is 1.63. The van der Waals surface area contributed by atoms with Crippen LogP contribution in [0.1, 0.15) is 10.5 Å². The number of ketones is 1. The molecule has 0 aromatic carbocycles. The van der Waals surface area contributed by atoms with Crippen molar-refractivity contribution in [1.29, 1.82) is 5.26 Å². The molecule has 1 aliphatic heterocycles. The van der Waals surface area contributed by atoms with Crippen molar-refractivity contribution >= 4 is 23.2 Å². The third-order valence-corrected chi connectivity index (χ3v) is 2.54. The molecule has 0 N–H and O–H groups in total. The molecule has 1 aliphatic rings. The lowest BCUT2D eigenvalue weighted by Crippen LogP contribution is -2.42. The summed E-state index contributed by atoms with van der Waals surface area (Å²) in [6, 6.07) is 4.57. The van der Waals surface area contributed by atoms with Gasteiger partial charge in [0.05, 0.1) is 11.8 Å². The molecule has 6 nitrogen and oxygen atoms in total. The molecular weight excluding hydrogens is 220 g/mol. The minimum atomic E-state index is -1.36. The van der Waals surface area contributed by atoms with E-state index in [1.165, 1.54) is 24.1 Å². The number of nitriles is 1. The van der Waals surface area contributed by atoms with Crippen LogP contribution in [0.3, 0.4) is 0 Å². The highest BCUT2D eigenvalue weighted by molar-refractivity contribution is 6.22. The second-order valence-electron chi connectivity index (χ2n) is 3.47. The SMILES string of the molecule is [C-]#[N+]c1ccc2c(n1)C(=O)C(C#N)C(=O)N2C. The zero-order valence-electron chi connectivity index (χ0n) is 8.84. The number of hydrogen-bond acceptors (Lipinski definition) is 4. The molecule has 1 atom stereocenters. The van der Waals surface area contributed by atoms with Crippen LogP contribution in [0.4, 0.5) is 11.5 Å². The van der Waals surface area contributed by atoms with Gasteiger partial charge >= 0.3 is 0 Å². The van der Waals surface area contributed by atoms with Crippen LogP contribution in [0.25, 0.3) is 4.85 Å². The van der Waals surface area contributed by atoms with Crippen molar-refractivity contribution in [2.75, 3.05) is 11.9 Å². The number of hydrogen-bond donors (Lipinski definition) is 0. The predicted octanol–water partition coefficient (Wildman–Crippen LogP) is 0.931. The summed E-state index contributed by atoms with van der Waals surface area (Å²) in [5.41, 5.74) is 0.339. The number of Topliss-reactive ketones (excluding diaryl/α,β-unsaturated/α-hetero) is 1. The number of amides is 1. The Morgan fingerprint density at radius 2 is 2.24 bits per heavy atom. The molecule has 0 saturated carbocycles. The Bertz CT molecular complexity index is 609. The lowest BCUT2D eigenvalue weighted by atomic mass is 9.95. The van der Waals surface area contributed by atoms with Crippen molar-refractivity contribution in [3.8, 4) is 6.07 Å². The molecule has 0 saturated heterocycles. The highest BCUT2D eigenvalue weighted by Gasteiger charge is 2.41. The normalized spacial score (nSPS) is 18.3. The molecule has 0 spiro atoms. The highest BCUT2D eigenvalue weighted by atomic mass is 16.2. The van der Waals surface area contributed by atoms with Gasteiger partial charge in [0.15, 0.2) is 5.92 Å². The van der Waals surface area contributed by atoms with E-state index in [-0.39, 0.29) is 11.5 Å². The van der Waals surface area contributed by atoms with Crippen LogP contribution < -0.4 is 4.90 Å². The minimum absolute atomic E-state index is 0.00662. The van der Waals surface area contributed by atoms with E-state index in [1.54, 1.807) is 6.07 Å². The maximum atomic E-state index is 11.8. The molecule has 1 unspecified atom stereocenters. The van der Waals surface area contributed by atoms with E-state index in [4.69, 9.17) is 11.8 Å². The molecule has 1 aromatic heterocycles. The maximum Gasteiger partial charge on any atom is 0.270 e. The zero-order chi connectivity index (χ0) is 12.6. The largest absolute Gasteiger partial charge is 0.361 e. The van der Waals surface area contributed by atoms with Gasteiger partial charge in [0.25, 0.3) is 11.7 Å². The van der Waals surface area contributed by atoms with Gasteiger partial charge in [-0.2, -0.15) is 5.26 Å². The number of carbonyl (C=O) groups excluding carboxylic acids is 2. The summed E-state index contributed by atoms with van der Waals surface area (Å²) in [6.45, 7) is 6.82. The van der Waals surface area contributed by atoms with E-state index in [0.29, 0.717) is 5.69 Å². The van der Waals surface area contributed by atoms with Crippen LogP contribution in [-0.2, 0) is 4.79 Å². The van der Waals surface area contributed by atoms with Crippen LogP contribution in [0.2, 0.25) is 0 Å². The van der Waals surface area contributed by atoms with Crippen LogP contribution >= 0.6 is 0 Å². The van der Waals surface area contributed by atoms with Crippen LogP contribution in [0, 0.1) is 23.8 Å². The van der Waals surface area contributed by atoms with Crippen molar-refractivity contribution in [1.82, 2.24) is 4.98 Å². The first kappa shape index (κ1) is 10.8. The predicted molar refractivity (Wildman–Crippen MR) is 57.3 cm³/mol. The first-order valence-corrected chi connectivity index (χ1v) is 4.70. The first-order chi connectivity index (χ1) is 8.10. The molecule has 2 rings (SSSR count). The molecule has 1 aromatic rings.